The maximum atomic E-state index is 12.2. The average molecular weight is 324 g/mol. The van der Waals surface area contributed by atoms with Gasteiger partial charge in [0, 0.05) is 0 Å². The van der Waals surface area contributed by atoms with Crippen LogP contribution in [-0.2, 0) is 20.9 Å². The van der Waals surface area contributed by atoms with Crippen molar-refractivity contribution in [3.8, 4) is 11.1 Å². The summed E-state index contributed by atoms with van der Waals surface area (Å²) in [5.74, 6) is 0. The van der Waals surface area contributed by atoms with Gasteiger partial charge in [-0.2, -0.15) is 8.42 Å². The molecule has 23 heavy (non-hydrogen) atoms. The van der Waals surface area contributed by atoms with Crippen molar-refractivity contribution in [3.63, 3.8) is 0 Å². The molecule has 3 aromatic carbocycles. The third-order valence-corrected chi connectivity index (χ3v) is 4.75. The lowest BCUT2D eigenvalue weighted by molar-refractivity contribution is 0.308. The zero-order chi connectivity index (χ0) is 16.1. The summed E-state index contributed by atoms with van der Waals surface area (Å²) in [5, 5.41) is 0. The van der Waals surface area contributed by atoms with E-state index < -0.39 is 10.1 Å². The Hall–Kier alpha value is -2.43. The minimum absolute atomic E-state index is 0.0314. The molecule has 116 valence electrons. The van der Waals surface area contributed by atoms with Crippen LogP contribution in [0.5, 0.6) is 0 Å². The lowest BCUT2D eigenvalue weighted by Gasteiger charge is -2.07. The Bertz CT molecular complexity index is 856. The van der Waals surface area contributed by atoms with E-state index in [9.17, 15) is 8.42 Å². The molecule has 0 fully saturated rings. The number of rotatable bonds is 5. The molecule has 0 aliphatic carbocycles. The molecule has 0 unspecified atom stereocenters. The molecule has 0 aromatic heterocycles. The Balaban J connectivity index is 1.75. The van der Waals surface area contributed by atoms with Crippen molar-refractivity contribution < 1.29 is 12.6 Å². The molecule has 0 bridgehead atoms. The molecule has 0 aliphatic rings. The molecule has 0 amide bonds. The summed E-state index contributed by atoms with van der Waals surface area (Å²) in [5.41, 5.74) is 2.83. The lowest BCUT2D eigenvalue weighted by atomic mass is 10.1. The van der Waals surface area contributed by atoms with Gasteiger partial charge in [0.1, 0.15) is 0 Å². The van der Waals surface area contributed by atoms with E-state index in [4.69, 9.17) is 4.18 Å². The van der Waals surface area contributed by atoms with Gasteiger partial charge in [-0.05, 0) is 28.8 Å². The Morgan fingerprint density at radius 2 is 1.17 bits per heavy atom. The number of benzene rings is 3. The minimum atomic E-state index is -3.76. The van der Waals surface area contributed by atoms with Gasteiger partial charge in [-0.15, -0.1) is 0 Å². The first kappa shape index (κ1) is 15.5. The van der Waals surface area contributed by atoms with Crippen molar-refractivity contribution in [1.29, 1.82) is 0 Å². The number of hydrogen-bond acceptors (Lipinski definition) is 3. The largest absolute Gasteiger partial charge is 0.297 e. The summed E-state index contributed by atoms with van der Waals surface area (Å²) in [7, 11) is -3.76. The first-order valence-corrected chi connectivity index (χ1v) is 8.65. The SMILES string of the molecule is O=S(=O)(OCc1ccccc1)c1ccc(-c2ccccc2)cc1. The van der Waals surface area contributed by atoms with Crippen LogP contribution in [0.1, 0.15) is 5.56 Å². The molecule has 0 heterocycles. The van der Waals surface area contributed by atoms with Crippen molar-refractivity contribution >= 4 is 10.1 Å². The molecule has 0 spiro atoms. The van der Waals surface area contributed by atoms with Gasteiger partial charge in [0.05, 0.1) is 11.5 Å². The highest BCUT2D eigenvalue weighted by Gasteiger charge is 2.15. The van der Waals surface area contributed by atoms with Gasteiger partial charge in [0.25, 0.3) is 10.1 Å². The maximum absolute atomic E-state index is 12.2. The van der Waals surface area contributed by atoms with Gasteiger partial charge in [0.15, 0.2) is 0 Å². The molecular formula is C19H16O3S. The molecule has 0 aliphatic heterocycles. The Kier molecular flexibility index (Phi) is 4.55. The van der Waals surface area contributed by atoms with Crippen LogP contribution < -0.4 is 0 Å². The van der Waals surface area contributed by atoms with Gasteiger partial charge in [-0.1, -0.05) is 72.8 Å². The van der Waals surface area contributed by atoms with Crippen LogP contribution in [0, 0.1) is 0 Å². The molecular weight excluding hydrogens is 308 g/mol. The van der Waals surface area contributed by atoms with Gasteiger partial charge in [-0.25, -0.2) is 0 Å². The summed E-state index contributed by atoms with van der Waals surface area (Å²) in [4.78, 5) is 0.160. The summed E-state index contributed by atoms with van der Waals surface area (Å²) in [6.45, 7) is 0.0314. The molecule has 3 nitrogen and oxygen atoms in total. The smallest absolute Gasteiger partial charge is 0.262 e. The maximum Gasteiger partial charge on any atom is 0.297 e. The topological polar surface area (TPSA) is 43.4 Å². The second kappa shape index (κ2) is 6.77. The van der Waals surface area contributed by atoms with E-state index in [-0.39, 0.29) is 11.5 Å². The van der Waals surface area contributed by atoms with Crippen LogP contribution in [0.2, 0.25) is 0 Å². The van der Waals surface area contributed by atoms with Crippen molar-refractivity contribution in [1.82, 2.24) is 0 Å². The molecule has 4 heteroatoms. The first-order chi connectivity index (χ1) is 11.1. The second-order valence-corrected chi connectivity index (χ2v) is 6.71. The van der Waals surface area contributed by atoms with E-state index in [1.165, 1.54) is 0 Å². The quantitative estimate of drug-likeness (QED) is 0.659. The van der Waals surface area contributed by atoms with E-state index in [2.05, 4.69) is 0 Å². The summed E-state index contributed by atoms with van der Waals surface area (Å²) < 4.78 is 29.6. The molecule has 0 saturated heterocycles. The molecule has 3 rings (SSSR count). The van der Waals surface area contributed by atoms with Crippen LogP contribution in [-0.4, -0.2) is 8.42 Å². The summed E-state index contributed by atoms with van der Waals surface area (Å²) >= 11 is 0. The Labute approximate surface area is 136 Å². The van der Waals surface area contributed by atoms with Gasteiger partial charge < -0.3 is 0 Å². The van der Waals surface area contributed by atoms with E-state index >= 15 is 0 Å². The number of hydrogen-bond donors (Lipinski definition) is 0. The van der Waals surface area contributed by atoms with Gasteiger partial charge in [-0.3, -0.25) is 4.18 Å². The van der Waals surface area contributed by atoms with Crippen molar-refractivity contribution in [2.75, 3.05) is 0 Å². The normalized spacial score (nSPS) is 11.3. The van der Waals surface area contributed by atoms with E-state index in [1.807, 2.05) is 60.7 Å². The van der Waals surface area contributed by atoms with Crippen molar-refractivity contribution in [2.24, 2.45) is 0 Å². The lowest BCUT2D eigenvalue weighted by Crippen LogP contribution is -2.06. The van der Waals surface area contributed by atoms with Crippen LogP contribution in [0.3, 0.4) is 0 Å². The summed E-state index contributed by atoms with van der Waals surface area (Å²) in [6.07, 6.45) is 0. The molecule has 3 aromatic rings. The monoisotopic (exact) mass is 324 g/mol. The predicted octanol–water partition coefficient (Wildman–Crippen LogP) is 4.26. The van der Waals surface area contributed by atoms with Crippen LogP contribution in [0.25, 0.3) is 11.1 Å². The third kappa shape index (κ3) is 3.86. The average Bonchev–Trinajstić information content (AvgIpc) is 2.62. The fourth-order valence-electron chi connectivity index (χ4n) is 2.23. The van der Waals surface area contributed by atoms with Crippen molar-refractivity contribution in [3.05, 3.63) is 90.5 Å². The molecule has 0 radical (unpaired) electrons. The van der Waals surface area contributed by atoms with Crippen molar-refractivity contribution in [2.45, 2.75) is 11.5 Å². The zero-order valence-electron chi connectivity index (χ0n) is 12.4. The predicted molar refractivity (Wildman–Crippen MR) is 90.3 cm³/mol. The molecule has 0 N–H and O–H groups in total. The van der Waals surface area contributed by atoms with Gasteiger partial charge >= 0.3 is 0 Å². The fraction of sp³-hybridized carbons (Fsp3) is 0.0526. The standard InChI is InChI=1S/C19H16O3S/c20-23(21,22-15-16-7-3-1-4-8-16)19-13-11-18(12-14-19)17-9-5-2-6-10-17/h1-14H,15H2. The third-order valence-electron chi connectivity index (χ3n) is 3.47. The minimum Gasteiger partial charge on any atom is -0.262 e. The highest BCUT2D eigenvalue weighted by atomic mass is 32.2. The van der Waals surface area contributed by atoms with E-state index in [0.717, 1.165) is 16.7 Å². The van der Waals surface area contributed by atoms with E-state index in [0.29, 0.717) is 0 Å². The van der Waals surface area contributed by atoms with Crippen LogP contribution in [0.4, 0.5) is 0 Å². The highest BCUT2D eigenvalue weighted by Crippen LogP contribution is 2.22. The Morgan fingerprint density at radius 1 is 0.652 bits per heavy atom. The second-order valence-electron chi connectivity index (χ2n) is 5.09. The molecule has 0 atom stereocenters. The Morgan fingerprint density at radius 3 is 1.78 bits per heavy atom. The first-order valence-electron chi connectivity index (χ1n) is 7.24. The zero-order valence-corrected chi connectivity index (χ0v) is 13.2. The van der Waals surface area contributed by atoms with Gasteiger partial charge in [0.2, 0.25) is 0 Å². The summed E-state index contributed by atoms with van der Waals surface area (Å²) in [6, 6.07) is 25.7. The molecule has 0 saturated carbocycles. The fourth-order valence-corrected chi connectivity index (χ4v) is 3.13. The highest BCUT2D eigenvalue weighted by molar-refractivity contribution is 7.86. The van der Waals surface area contributed by atoms with E-state index in [1.54, 1.807) is 24.3 Å². The van der Waals surface area contributed by atoms with Crippen LogP contribution in [0.15, 0.2) is 89.8 Å². The van der Waals surface area contributed by atoms with Crippen LogP contribution >= 0.6 is 0 Å².